The molecule has 2 saturated heterocycles. The molecule has 2 aliphatic rings. The zero-order chi connectivity index (χ0) is 22.1. The summed E-state index contributed by atoms with van der Waals surface area (Å²) in [6.07, 6.45) is 0.556. The fourth-order valence-electron chi connectivity index (χ4n) is 3.22. The Morgan fingerprint density at radius 2 is 2.07 bits per heavy atom. The molecule has 5 atom stereocenters. The van der Waals surface area contributed by atoms with E-state index < -0.39 is 37.9 Å². The number of phosphoric acid groups is 1. The van der Waals surface area contributed by atoms with Gasteiger partial charge in [0.25, 0.3) is 0 Å². The van der Waals surface area contributed by atoms with Crippen molar-refractivity contribution in [3.8, 4) is 0 Å². The molecule has 11 heteroatoms. The quantitative estimate of drug-likeness (QED) is 0.462. The molecule has 2 unspecified atom stereocenters. The molecule has 0 aliphatic carbocycles. The van der Waals surface area contributed by atoms with E-state index in [4.69, 9.17) is 23.0 Å². The summed E-state index contributed by atoms with van der Waals surface area (Å²) in [5.74, 6) is -0.739. The van der Waals surface area contributed by atoms with E-state index in [0.29, 0.717) is 18.5 Å². The third-order valence-electron chi connectivity index (χ3n) is 5.09. The van der Waals surface area contributed by atoms with Crippen LogP contribution in [0.1, 0.15) is 51.1 Å². The monoisotopic (exact) mass is 444 g/mol. The van der Waals surface area contributed by atoms with Gasteiger partial charge in [0, 0.05) is 18.3 Å². The summed E-state index contributed by atoms with van der Waals surface area (Å²) < 4.78 is 41.5. The maximum atomic E-state index is 12.8. The molecule has 1 aromatic rings. The third kappa shape index (κ3) is 5.36. The van der Waals surface area contributed by atoms with Gasteiger partial charge < -0.3 is 9.47 Å². The summed E-state index contributed by atoms with van der Waals surface area (Å²) in [6, 6.07) is 0. The summed E-state index contributed by atoms with van der Waals surface area (Å²) in [6.45, 7) is 8.94. The SMILES string of the molecule is Cc1cn([C@H]2C[C@@H]3OP(=O)(OCCC(C)C(=O)OC(C)C)OC[C@H]3O2)c(=O)nc1C. The number of carbonyl (C=O) groups is 1. The molecule has 10 nitrogen and oxygen atoms in total. The molecule has 2 fully saturated rings. The van der Waals surface area contributed by atoms with Gasteiger partial charge in [0.1, 0.15) is 18.4 Å². The second-order valence-electron chi connectivity index (χ2n) is 7.96. The largest absolute Gasteiger partial charge is 0.475 e. The number of carbonyl (C=O) groups excluding carboxylic acids is 1. The molecular weight excluding hydrogens is 415 g/mol. The van der Waals surface area contributed by atoms with Crippen LogP contribution in [0, 0.1) is 19.8 Å². The van der Waals surface area contributed by atoms with Gasteiger partial charge in [0.2, 0.25) is 0 Å². The minimum atomic E-state index is -3.78. The van der Waals surface area contributed by atoms with Gasteiger partial charge in [-0.05, 0) is 39.7 Å². The molecule has 1 aromatic heterocycles. The van der Waals surface area contributed by atoms with Crippen molar-refractivity contribution < 1.29 is 32.4 Å². The van der Waals surface area contributed by atoms with Gasteiger partial charge >= 0.3 is 19.5 Å². The first-order valence-corrected chi connectivity index (χ1v) is 11.5. The molecule has 0 spiro atoms. The highest BCUT2D eigenvalue weighted by Gasteiger charge is 2.48. The van der Waals surface area contributed by atoms with Gasteiger partial charge in [-0.15, -0.1) is 0 Å². The van der Waals surface area contributed by atoms with Crippen molar-refractivity contribution >= 4 is 13.8 Å². The van der Waals surface area contributed by atoms with Crippen LogP contribution in [0.3, 0.4) is 0 Å². The zero-order valence-corrected chi connectivity index (χ0v) is 18.8. The molecule has 0 bridgehead atoms. The van der Waals surface area contributed by atoms with Crippen molar-refractivity contribution in [2.45, 2.75) is 72.0 Å². The summed E-state index contributed by atoms with van der Waals surface area (Å²) >= 11 is 0. The highest BCUT2D eigenvalue weighted by Crippen LogP contribution is 2.56. The number of hydrogen-bond acceptors (Lipinski definition) is 9. The van der Waals surface area contributed by atoms with Crippen LogP contribution in [0.2, 0.25) is 0 Å². The first kappa shape index (κ1) is 23.1. The molecule has 168 valence electrons. The number of rotatable bonds is 7. The van der Waals surface area contributed by atoms with Crippen LogP contribution in [-0.2, 0) is 32.4 Å². The average molecular weight is 444 g/mol. The Hall–Kier alpha value is -1.58. The van der Waals surface area contributed by atoms with Crippen molar-refractivity contribution in [3.05, 3.63) is 27.9 Å². The number of ether oxygens (including phenoxy) is 2. The number of phosphoric ester groups is 1. The van der Waals surface area contributed by atoms with E-state index in [1.807, 2.05) is 6.92 Å². The van der Waals surface area contributed by atoms with Crippen molar-refractivity contribution in [1.82, 2.24) is 9.55 Å². The molecule has 0 radical (unpaired) electrons. The maximum Gasteiger partial charge on any atom is 0.475 e. The van der Waals surface area contributed by atoms with E-state index in [1.165, 1.54) is 4.57 Å². The lowest BCUT2D eigenvalue weighted by molar-refractivity contribution is -0.152. The molecule has 3 heterocycles. The van der Waals surface area contributed by atoms with Crippen LogP contribution < -0.4 is 5.69 Å². The van der Waals surface area contributed by atoms with Crippen LogP contribution >= 0.6 is 7.82 Å². The lowest BCUT2D eigenvalue weighted by Gasteiger charge is -2.30. The topological polar surface area (TPSA) is 115 Å². The average Bonchev–Trinajstić information content (AvgIpc) is 3.06. The minimum Gasteiger partial charge on any atom is -0.463 e. The molecule has 3 rings (SSSR count). The first-order valence-electron chi connectivity index (χ1n) is 10.1. The Balaban J connectivity index is 1.55. The molecule has 30 heavy (non-hydrogen) atoms. The highest BCUT2D eigenvalue weighted by molar-refractivity contribution is 7.48. The molecule has 2 aliphatic heterocycles. The van der Waals surface area contributed by atoms with Crippen molar-refractivity contribution in [1.29, 1.82) is 0 Å². The van der Waals surface area contributed by atoms with Crippen LogP contribution in [-0.4, -0.2) is 47.0 Å². The Labute approximate surface area is 175 Å². The van der Waals surface area contributed by atoms with Crippen LogP contribution in [0.4, 0.5) is 0 Å². The number of nitrogens with zero attached hydrogens (tertiary/aromatic N) is 2. The Bertz CT molecular complexity index is 886. The van der Waals surface area contributed by atoms with Gasteiger partial charge in [-0.1, -0.05) is 6.92 Å². The number of aromatic nitrogens is 2. The van der Waals surface area contributed by atoms with Gasteiger partial charge in [0.05, 0.1) is 25.2 Å². The van der Waals surface area contributed by atoms with E-state index in [1.54, 1.807) is 33.9 Å². The van der Waals surface area contributed by atoms with Gasteiger partial charge in [-0.2, -0.15) is 4.98 Å². The Morgan fingerprint density at radius 1 is 1.33 bits per heavy atom. The predicted octanol–water partition coefficient (Wildman–Crippen LogP) is 2.67. The van der Waals surface area contributed by atoms with E-state index in [0.717, 1.165) is 5.56 Å². The van der Waals surface area contributed by atoms with Crippen molar-refractivity contribution in [2.24, 2.45) is 5.92 Å². The molecule has 0 amide bonds. The maximum absolute atomic E-state index is 12.8. The Morgan fingerprint density at radius 3 is 2.77 bits per heavy atom. The fraction of sp³-hybridized carbons (Fsp3) is 0.737. The van der Waals surface area contributed by atoms with Crippen molar-refractivity contribution in [2.75, 3.05) is 13.2 Å². The second kappa shape index (κ2) is 9.28. The van der Waals surface area contributed by atoms with E-state index >= 15 is 0 Å². The molecular formula is C19H29N2O8P. The summed E-state index contributed by atoms with van der Waals surface area (Å²) in [7, 11) is -3.78. The predicted molar refractivity (Wildman–Crippen MR) is 106 cm³/mol. The summed E-state index contributed by atoms with van der Waals surface area (Å²) in [4.78, 5) is 28.1. The van der Waals surface area contributed by atoms with E-state index in [2.05, 4.69) is 4.98 Å². The van der Waals surface area contributed by atoms with Gasteiger partial charge in [-0.25, -0.2) is 9.36 Å². The first-order chi connectivity index (χ1) is 14.1. The van der Waals surface area contributed by atoms with Gasteiger partial charge in [0.15, 0.2) is 0 Å². The second-order valence-corrected chi connectivity index (χ2v) is 9.58. The lowest BCUT2D eigenvalue weighted by atomic mass is 10.1. The molecule has 0 aromatic carbocycles. The van der Waals surface area contributed by atoms with E-state index in [-0.39, 0.29) is 25.3 Å². The third-order valence-corrected chi connectivity index (χ3v) is 6.59. The Kier molecular flexibility index (Phi) is 7.14. The van der Waals surface area contributed by atoms with Gasteiger partial charge in [-0.3, -0.25) is 22.9 Å². The summed E-state index contributed by atoms with van der Waals surface area (Å²) in [5.41, 5.74) is 1.12. The highest BCUT2D eigenvalue weighted by atomic mass is 31.2. The minimum absolute atomic E-state index is 0.0217. The molecule has 0 N–H and O–H groups in total. The summed E-state index contributed by atoms with van der Waals surface area (Å²) in [5, 5.41) is 0. The lowest BCUT2D eigenvalue weighted by Crippen LogP contribution is -2.33. The molecule has 0 saturated carbocycles. The van der Waals surface area contributed by atoms with E-state index in [9.17, 15) is 14.2 Å². The number of aryl methyl sites for hydroxylation is 2. The standard InChI is InChI=1S/C19H29N2O8P/c1-11(2)27-18(22)12(3)6-7-25-30(24)26-10-16-15(29-30)8-17(28-16)21-9-13(4)14(5)20-19(21)23/h9,11-12,15-17H,6-8,10H2,1-5H3/t12?,15-,16+,17+,30?/m0/s1. The fourth-order valence-corrected chi connectivity index (χ4v) is 4.63. The zero-order valence-electron chi connectivity index (χ0n) is 17.9. The van der Waals surface area contributed by atoms with Crippen LogP contribution in [0.25, 0.3) is 0 Å². The van der Waals surface area contributed by atoms with Crippen molar-refractivity contribution in [3.63, 3.8) is 0 Å². The van der Waals surface area contributed by atoms with Crippen LogP contribution in [0.5, 0.6) is 0 Å². The van der Waals surface area contributed by atoms with Crippen LogP contribution in [0.15, 0.2) is 11.0 Å². The normalized spacial score (nSPS) is 29.6. The smallest absolute Gasteiger partial charge is 0.463 e. The number of hydrogen-bond donors (Lipinski definition) is 0. The number of esters is 1. The number of fused-ring (bicyclic) bond motifs is 1.